The van der Waals surface area contributed by atoms with E-state index in [9.17, 15) is 13.2 Å². The third kappa shape index (κ3) is 2.51. The Morgan fingerprint density at radius 3 is 2.48 bits per heavy atom. The summed E-state index contributed by atoms with van der Waals surface area (Å²) in [6.45, 7) is 6.02. The monoisotopic (exact) mass is 313 g/mol. The van der Waals surface area contributed by atoms with Gasteiger partial charge in [0.25, 0.3) is 0 Å². The first kappa shape index (κ1) is 14.7. The first-order valence-electron chi connectivity index (χ1n) is 7.06. The standard InChI is InChI=1S/C15H18F3NOSi/c1-21(2,3)20-13-9-8-11-10-6-4-5-7-12(10)19(14(11)13)15(16,17)18/h4-7,13H,8-9H2,1-3H3. The van der Waals surface area contributed by atoms with Crippen LogP contribution in [0, 0.1) is 0 Å². The van der Waals surface area contributed by atoms with E-state index in [2.05, 4.69) is 0 Å². The molecule has 6 heteroatoms. The first-order valence-corrected chi connectivity index (χ1v) is 10.5. The molecule has 1 heterocycles. The van der Waals surface area contributed by atoms with Crippen molar-refractivity contribution in [2.75, 3.05) is 0 Å². The summed E-state index contributed by atoms with van der Waals surface area (Å²) in [5, 5.41) is 0.700. The number of halogens is 3. The number of benzene rings is 1. The molecule has 0 spiro atoms. The maximum Gasteiger partial charge on any atom is 0.489 e. The van der Waals surface area contributed by atoms with Gasteiger partial charge in [-0.1, -0.05) is 18.2 Å². The summed E-state index contributed by atoms with van der Waals surface area (Å²) in [6.07, 6.45) is -3.58. The van der Waals surface area contributed by atoms with Gasteiger partial charge in [0, 0.05) is 5.39 Å². The van der Waals surface area contributed by atoms with Crippen LogP contribution in [-0.2, 0) is 17.1 Å². The quantitative estimate of drug-likeness (QED) is 0.715. The Kier molecular flexibility index (Phi) is 3.22. The highest BCUT2D eigenvalue weighted by atomic mass is 28.4. The number of nitrogens with zero attached hydrogens (tertiary/aromatic N) is 1. The number of hydrogen-bond donors (Lipinski definition) is 0. The van der Waals surface area contributed by atoms with E-state index in [0.29, 0.717) is 28.5 Å². The average molecular weight is 313 g/mol. The number of hydrogen-bond acceptors (Lipinski definition) is 1. The van der Waals surface area contributed by atoms with Gasteiger partial charge in [0.2, 0.25) is 0 Å². The molecule has 1 aliphatic carbocycles. The minimum atomic E-state index is -4.42. The Morgan fingerprint density at radius 2 is 1.86 bits per heavy atom. The molecule has 2 aromatic rings. The van der Waals surface area contributed by atoms with E-state index in [1.807, 2.05) is 19.6 Å². The zero-order valence-electron chi connectivity index (χ0n) is 12.3. The van der Waals surface area contributed by atoms with E-state index < -0.39 is 20.7 Å². The second-order valence-electron chi connectivity index (χ2n) is 6.44. The molecule has 1 unspecified atom stereocenters. The molecule has 0 N–H and O–H groups in total. The summed E-state index contributed by atoms with van der Waals surface area (Å²) < 4.78 is 47.1. The number of alkyl halides is 3. The van der Waals surface area contributed by atoms with Gasteiger partial charge >= 0.3 is 6.30 Å². The third-order valence-electron chi connectivity index (χ3n) is 3.73. The summed E-state index contributed by atoms with van der Waals surface area (Å²) in [5.41, 5.74) is 1.34. The van der Waals surface area contributed by atoms with Crippen molar-refractivity contribution >= 4 is 19.2 Å². The average Bonchev–Trinajstić information content (AvgIpc) is 2.85. The van der Waals surface area contributed by atoms with Crippen LogP contribution in [0.25, 0.3) is 10.9 Å². The minimum absolute atomic E-state index is 0.235. The fourth-order valence-corrected chi connectivity index (χ4v) is 4.24. The van der Waals surface area contributed by atoms with Gasteiger partial charge in [-0.3, -0.25) is 4.57 Å². The molecule has 0 radical (unpaired) electrons. The first-order chi connectivity index (χ1) is 9.68. The summed E-state index contributed by atoms with van der Waals surface area (Å²) in [4.78, 5) is 0. The highest BCUT2D eigenvalue weighted by molar-refractivity contribution is 6.69. The predicted molar refractivity (Wildman–Crippen MR) is 78.7 cm³/mol. The third-order valence-corrected chi connectivity index (χ3v) is 4.72. The molecule has 1 aromatic carbocycles. The fourth-order valence-electron chi connectivity index (χ4n) is 3.15. The highest BCUT2D eigenvalue weighted by Gasteiger charge is 2.42. The molecule has 1 aromatic heterocycles. The van der Waals surface area contributed by atoms with Crippen molar-refractivity contribution in [1.29, 1.82) is 0 Å². The molecule has 1 aliphatic rings. The van der Waals surface area contributed by atoms with Gasteiger partial charge in [0.15, 0.2) is 8.32 Å². The van der Waals surface area contributed by atoms with Crippen LogP contribution in [0.3, 0.4) is 0 Å². The Balaban J connectivity index is 2.22. The molecule has 114 valence electrons. The summed E-state index contributed by atoms with van der Waals surface area (Å²) >= 11 is 0. The van der Waals surface area contributed by atoms with Gasteiger partial charge in [-0.2, -0.15) is 0 Å². The van der Waals surface area contributed by atoms with Crippen molar-refractivity contribution in [2.24, 2.45) is 0 Å². The van der Waals surface area contributed by atoms with E-state index in [1.54, 1.807) is 18.2 Å². The van der Waals surface area contributed by atoms with Gasteiger partial charge < -0.3 is 4.43 Å². The zero-order valence-corrected chi connectivity index (χ0v) is 13.3. The minimum Gasteiger partial charge on any atom is -0.409 e. The van der Waals surface area contributed by atoms with E-state index in [1.165, 1.54) is 6.07 Å². The fraction of sp³-hybridized carbons (Fsp3) is 0.467. The Labute approximate surface area is 122 Å². The van der Waals surface area contributed by atoms with Crippen LogP contribution in [0.15, 0.2) is 24.3 Å². The van der Waals surface area contributed by atoms with Crippen LogP contribution in [0.2, 0.25) is 19.6 Å². The molecule has 0 saturated carbocycles. The lowest BCUT2D eigenvalue weighted by Gasteiger charge is -2.25. The molecule has 3 rings (SSSR count). The molecular formula is C15H18F3NOSi. The summed E-state index contributed by atoms with van der Waals surface area (Å²) in [5.74, 6) is 0. The SMILES string of the molecule is C[Si](C)(C)OC1CCc2c1n(C(F)(F)F)c1ccccc21. The van der Waals surface area contributed by atoms with Gasteiger partial charge in [-0.15, -0.1) is 13.2 Å². The lowest BCUT2D eigenvalue weighted by atomic mass is 10.1. The maximum atomic E-state index is 13.5. The molecule has 0 fully saturated rings. The van der Waals surface area contributed by atoms with Crippen molar-refractivity contribution in [1.82, 2.24) is 4.57 Å². The highest BCUT2D eigenvalue weighted by Crippen LogP contribution is 2.45. The van der Waals surface area contributed by atoms with Crippen molar-refractivity contribution in [3.63, 3.8) is 0 Å². The lowest BCUT2D eigenvalue weighted by molar-refractivity contribution is -0.203. The van der Waals surface area contributed by atoms with Crippen LogP contribution < -0.4 is 0 Å². The van der Waals surface area contributed by atoms with E-state index >= 15 is 0 Å². The Morgan fingerprint density at radius 1 is 1.19 bits per heavy atom. The van der Waals surface area contributed by atoms with Crippen LogP contribution in [0.4, 0.5) is 13.2 Å². The van der Waals surface area contributed by atoms with Gasteiger partial charge in [-0.25, -0.2) is 0 Å². The second-order valence-corrected chi connectivity index (χ2v) is 10.9. The molecule has 0 amide bonds. The topological polar surface area (TPSA) is 14.2 Å². The molecule has 1 atom stereocenters. The van der Waals surface area contributed by atoms with Gasteiger partial charge in [-0.05, 0) is 44.1 Å². The van der Waals surface area contributed by atoms with Gasteiger partial charge in [0.05, 0.1) is 17.3 Å². The smallest absolute Gasteiger partial charge is 0.409 e. The Bertz CT molecular complexity index is 685. The van der Waals surface area contributed by atoms with Crippen molar-refractivity contribution in [3.8, 4) is 0 Å². The summed E-state index contributed by atoms with van der Waals surface area (Å²) in [7, 11) is -1.90. The van der Waals surface area contributed by atoms with Crippen molar-refractivity contribution < 1.29 is 17.6 Å². The maximum absolute atomic E-state index is 13.5. The normalized spacial score (nSPS) is 19.2. The summed E-state index contributed by atoms with van der Waals surface area (Å²) in [6, 6.07) is 6.74. The van der Waals surface area contributed by atoms with Crippen LogP contribution >= 0.6 is 0 Å². The molecule has 0 bridgehead atoms. The second kappa shape index (κ2) is 4.61. The van der Waals surface area contributed by atoms with Crippen LogP contribution in [-0.4, -0.2) is 12.9 Å². The van der Waals surface area contributed by atoms with E-state index in [0.717, 1.165) is 5.56 Å². The number of fused-ring (bicyclic) bond motifs is 3. The van der Waals surface area contributed by atoms with Crippen molar-refractivity contribution in [3.05, 3.63) is 35.5 Å². The number of rotatable bonds is 2. The van der Waals surface area contributed by atoms with E-state index in [-0.39, 0.29) is 5.52 Å². The van der Waals surface area contributed by atoms with Crippen LogP contribution in [0.5, 0.6) is 0 Å². The Hall–Kier alpha value is -1.27. The largest absolute Gasteiger partial charge is 0.489 e. The van der Waals surface area contributed by atoms with E-state index in [4.69, 9.17) is 4.43 Å². The molecule has 2 nitrogen and oxygen atoms in total. The lowest BCUT2D eigenvalue weighted by Crippen LogP contribution is -2.29. The molecule has 21 heavy (non-hydrogen) atoms. The van der Waals surface area contributed by atoms with Crippen LogP contribution in [0.1, 0.15) is 23.8 Å². The van der Waals surface area contributed by atoms with Crippen molar-refractivity contribution in [2.45, 2.75) is 44.9 Å². The predicted octanol–water partition coefficient (Wildman–Crippen LogP) is 4.96. The molecule has 0 aliphatic heterocycles. The van der Waals surface area contributed by atoms with Gasteiger partial charge in [0.1, 0.15) is 0 Å². The molecular weight excluding hydrogens is 295 g/mol. The number of aromatic nitrogens is 1. The number of para-hydroxylation sites is 1. The number of aryl methyl sites for hydroxylation is 1. The zero-order chi connectivity index (χ0) is 15.4. The molecule has 0 saturated heterocycles.